The minimum atomic E-state index is -4.32. The van der Waals surface area contributed by atoms with Crippen molar-refractivity contribution in [3.63, 3.8) is 0 Å². The van der Waals surface area contributed by atoms with Crippen molar-refractivity contribution in [1.29, 1.82) is 0 Å². The van der Waals surface area contributed by atoms with Crippen LogP contribution >= 0.6 is 0 Å². The number of nitrogen functional groups attached to an aromatic ring is 1. The van der Waals surface area contributed by atoms with Gasteiger partial charge in [-0.1, -0.05) is 6.07 Å². The molecule has 0 saturated heterocycles. The van der Waals surface area contributed by atoms with Crippen LogP contribution < -0.4 is 10.5 Å². The van der Waals surface area contributed by atoms with Gasteiger partial charge in [0.15, 0.2) is 0 Å². The number of rotatable bonds is 3. The lowest BCUT2D eigenvalue weighted by molar-refractivity contribution is -0.137. The molecule has 0 unspecified atom stereocenters. The SMILES string of the molecule is Nc1c[nH]c2ccc(C3CC(Oc4ccc(C(F)(F)F)cc4)C3)cc12. The third-order valence-corrected chi connectivity index (χ3v) is 4.79. The number of H-pyrrole nitrogens is 1. The first-order valence-corrected chi connectivity index (χ1v) is 8.10. The lowest BCUT2D eigenvalue weighted by atomic mass is 9.77. The van der Waals surface area contributed by atoms with Gasteiger partial charge in [-0.15, -0.1) is 0 Å². The van der Waals surface area contributed by atoms with Crippen molar-refractivity contribution in [3.8, 4) is 5.75 Å². The second kappa shape index (κ2) is 5.72. The molecule has 130 valence electrons. The molecular formula is C19H17F3N2O. The molecule has 0 aliphatic heterocycles. The number of anilines is 1. The quantitative estimate of drug-likeness (QED) is 0.694. The third-order valence-electron chi connectivity index (χ3n) is 4.79. The number of nitrogens with two attached hydrogens (primary N) is 1. The lowest BCUT2D eigenvalue weighted by Crippen LogP contribution is -2.32. The van der Waals surface area contributed by atoms with Gasteiger partial charge in [0, 0.05) is 17.1 Å². The van der Waals surface area contributed by atoms with Gasteiger partial charge in [-0.2, -0.15) is 13.2 Å². The van der Waals surface area contributed by atoms with Crippen molar-refractivity contribution in [2.75, 3.05) is 5.73 Å². The van der Waals surface area contributed by atoms with Crippen molar-refractivity contribution in [3.05, 3.63) is 59.8 Å². The molecule has 1 heterocycles. The second-order valence-corrected chi connectivity index (χ2v) is 6.48. The summed E-state index contributed by atoms with van der Waals surface area (Å²) in [6.45, 7) is 0. The fraction of sp³-hybridized carbons (Fsp3) is 0.263. The number of fused-ring (bicyclic) bond motifs is 1. The average Bonchev–Trinajstić information content (AvgIpc) is 2.91. The van der Waals surface area contributed by atoms with Gasteiger partial charge in [0.1, 0.15) is 5.75 Å². The largest absolute Gasteiger partial charge is 0.490 e. The van der Waals surface area contributed by atoms with E-state index in [9.17, 15) is 13.2 Å². The van der Waals surface area contributed by atoms with Gasteiger partial charge in [0.05, 0.1) is 17.4 Å². The Kier molecular flexibility index (Phi) is 3.63. The van der Waals surface area contributed by atoms with Gasteiger partial charge in [-0.05, 0) is 60.7 Å². The van der Waals surface area contributed by atoms with Crippen molar-refractivity contribution >= 4 is 16.6 Å². The molecule has 0 spiro atoms. The Labute approximate surface area is 142 Å². The van der Waals surface area contributed by atoms with E-state index in [2.05, 4.69) is 17.1 Å². The molecule has 3 N–H and O–H groups in total. The number of hydrogen-bond acceptors (Lipinski definition) is 2. The predicted molar refractivity (Wildman–Crippen MR) is 90.5 cm³/mol. The van der Waals surface area contributed by atoms with Crippen molar-refractivity contribution < 1.29 is 17.9 Å². The van der Waals surface area contributed by atoms with Crippen LogP contribution in [0.2, 0.25) is 0 Å². The maximum absolute atomic E-state index is 12.6. The van der Waals surface area contributed by atoms with Crippen LogP contribution in [0.15, 0.2) is 48.7 Å². The number of aromatic nitrogens is 1. The smallest absolute Gasteiger partial charge is 0.416 e. The summed E-state index contributed by atoms with van der Waals surface area (Å²) in [7, 11) is 0. The standard InChI is InChI=1S/C19H17F3N2O/c20-19(21,22)13-2-4-14(5-3-13)25-15-7-12(8-15)11-1-6-18-16(9-11)17(23)10-24-18/h1-6,9-10,12,15,24H,7-8,23H2. The van der Waals surface area contributed by atoms with Crippen LogP contribution in [0, 0.1) is 0 Å². The monoisotopic (exact) mass is 346 g/mol. The van der Waals surface area contributed by atoms with Crippen molar-refractivity contribution in [2.24, 2.45) is 0 Å². The van der Waals surface area contributed by atoms with Gasteiger partial charge >= 0.3 is 6.18 Å². The molecule has 0 amide bonds. The molecule has 0 bridgehead atoms. The van der Waals surface area contributed by atoms with E-state index in [1.807, 2.05) is 6.07 Å². The van der Waals surface area contributed by atoms with E-state index in [0.717, 1.165) is 41.6 Å². The summed E-state index contributed by atoms with van der Waals surface area (Å²) in [6.07, 6.45) is -0.820. The fourth-order valence-corrected chi connectivity index (χ4v) is 3.26. The number of ether oxygens (including phenoxy) is 1. The highest BCUT2D eigenvalue weighted by Crippen LogP contribution is 2.40. The van der Waals surface area contributed by atoms with E-state index < -0.39 is 11.7 Å². The molecule has 1 aliphatic rings. The van der Waals surface area contributed by atoms with Crippen LogP contribution in [-0.4, -0.2) is 11.1 Å². The fourth-order valence-electron chi connectivity index (χ4n) is 3.26. The highest BCUT2D eigenvalue weighted by molar-refractivity contribution is 5.91. The molecule has 1 fully saturated rings. The number of alkyl halides is 3. The summed E-state index contributed by atoms with van der Waals surface area (Å²) >= 11 is 0. The molecule has 4 rings (SSSR count). The van der Waals surface area contributed by atoms with E-state index >= 15 is 0 Å². The molecule has 1 saturated carbocycles. The minimum absolute atomic E-state index is 0.0287. The summed E-state index contributed by atoms with van der Waals surface area (Å²) in [5.41, 5.74) is 8.23. The first-order valence-electron chi connectivity index (χ1n) is 8.10. The first-order chi connectivity index (χ1) is 11.9. The minimum Gasteiger partial charge on any atom is -0.490 e. The number of benzene rings is 2. The van der Waals surface area contributed by atoms with Crippen LogP contribution in [0.3, 0.4) is 0 Å². The van der Waals surface area contributed by atoms with E-state index in [-0.39, 0.29) is 6.10 Å². The maximum atomic E-state index is 12.6. The molecule has 25 heavy (non-hydrogen) atoms. The number of hydrogen-bond donors (Lipinski definition) is 2. The molecule has 1 aromatic heterocycles. The van der Waals surface area contributed by atoms with Crippen LogP contribution in [-0.2, 0) is 6.18 Å². The Morgan fingerprint density at radius 2 is 1.76 bits per heavy atom. The predicted octanol–water partition coefficient (Wildman–Crippen LogP) is 5.09. The lowest BCUT2D eigenvalue weighted by Gasteiger charge is -2.35. The van der Waals surface area contributed by atoms with Gasteiger partial charge in [0.25, 0.3) is 0 Å². The summed E-state index contributed by atoms with van der Waals surface area (Å²) in [6, 6.07) is 11.1. The van der Waals surface area contributed by atoms with Crippen molar-refractivity contribution in [2.45, 2.75) is 31.0 Å². The number of halogens is 3. The third kappa shape index (κ3) is 3.04. The van der Waals surface area contributed by atoms with Crippen LogP contribution in [0.4, 0.5) is 18.9 Å². The van der Waals surface area contributed by atoms with E-state index in [0.29, 0.717) is 11.7 Å². The molecule has 3 aromatic rings. The van der Waals surface area contributed by atoms with E-state index in [4.69, 9.17) is 10.5 Å². The summed E-state index contributed by atoms with van der Waals surface area (Å²) in [4.78, 5) is 3.12. The zero-order chi connectivity index (χ0) is 17.6. The topological polar surface area (TPSA) is 51.0 Å². The summed E-state index contributed by atoms with van der Waals surface area (Å²) in [5.74, 6) is 0.861. The van der Waals surface area contributed by atoms with E-state index in [1.165, 1.54) is 17.7 Å². The average molecular weight is 346 g/mol. The van der Waals surface area contributed by atoms with Crippen molar-refractivity contribution in [1.82, 2.24) is 4.98 Å². The zero-order valence-electron chi connectivity index (χ0n) is 13.3. The first kappa shape index (κ1) is 15.9. The van der Waals surface area contributed by atoms with Crippen LogP contribution in [0.5, 0.6) is 5.75 Å². The molecule has 2 aromatic carbocycles. The normalized spacial score (nSPS) is 20.4. The summed E-state index contributed by atoms with van der Waals surface area (Å²) < 4.78 is 43.5. The molecule has 6 heteroatoms. The molecule has 1 aliphatic carbocycles. The zero-order valence-corrected chi connectivity index (χ0v) is 13.3. The van der Waals surface area contributed by atoms with Crippen LogP contribution in [0.25, 0.3) is 10.9 Å². The van der Waals surface area contributed by atoms with E-state index in [1.54, 1.807) is 6.20 Å². The Balaban J connectivity index is 1.39. The Morgan fingerprint density at radius 3 is 2.44 bits per heavy atom. The van der Waals surface area contributed by atoms with Gasteiger partial charge in [-0.3, -0.25) is 0 Å². The Bertz CT molecular complexity index is 893. The van der Waals surface area contributed by atoms with Gasteiger partial charge in [-0.25, -0.2) is 0 Å². The van der Waals surface area contributed by atoms with Gasteiger partial charge in [0.2, 0.25) is 0 Å². The van der Waals surface area contributed by atoms with Crippen LogP contribution in [0.1, 0.15) is 29.9 Å². The van der Waals surface area contributed by atoms with Gasteiger partial charge < -0.3 is 15.5 Å². The summed E-state index contributed by atoms with van der Waals surface area (Å²) in [5, 5.41) is 1.02. The Morgan fingerprint density at radius 1 is 1.04 bits per heavy atom. The Hall–Kier alpha value is -2.63. The second-order valence-electron chi connectivity index (χ2n) is 6.48. The highest BCUT2D eigenvalue weighted by atomic mass is 19.4. The molecule has 0 radical (unpaired) electrons. The highest BCUT2D eigenvalue weighted by Gasteiger charge is 2.33. The molecule has 0 atom stereocenters. The molecule has 3 nitrogen and oxygen atoms in total. The molecular weight excluding hydrogens is 329 g/mol. The number of nitrogens with one attached hydrogen (secondary N) is 1. The number of aromatic amines is 1. The maximum Gasteiger partial charge on any atom is 0.416 e.